The standard InChI is InChI=1S/C16H37N3O5/c1-15(2,3)23-13(20)18-8-7-9-22-11-12(17)10-19-14(21)24-16(4,5)6/h12-14,18-21H,7-11,17H2,1-6H3. The van der Waals surface area contributed by atoms with E-state index in [1.807, 2.05) is 41.5 Å². The number of aliphatic hydroxyl groups is 2. The minimum Gasteiger partial charge on any atom is -0.380 e. The summed E-state index contributed by atoms with van der Waals surface area (Å²) < 4.78 is 16.1. The molecule has 0 amide bonds. The van der Waals surface area contributed by atoms with E-state index in [-0.39, 0.29) is 6.04 Å². The highest BCUT2D eigenvalue weighted by Crippen LogP contribution is 2.08. The Morgan fingerprint density at radius 1 is 0.917 bits per heavy atom. The lowest BCUT2D eigenvalue weighted by molar-refractivity contribution is -0.181. The van der Waals surface area contributed by atoms with Crippen molar-refractivity contribution in [3.05, 3.63) is 0 Å². The van der Waals surface area contributed by atoms with Gasteiger partial charge in [0.05, 0.1) is 17.8 Å². The van der Waals surface area contributed by atoms with E-state index in [0.29, 0.717) is 26.3 Å². The van der Waals surface area contributed by atoms with Gasteiger partial charge in [0.1, 0.15) is 0 Å². The minimum atomic E-state index is -1.05. The first kappa shape index (κ1) is 23.7. The molecule has 24 heavy (non-hydrogen) atoms. The Balaban J connectivity index is 3.57. The van der Waals surface area contributed by atoms with E-state index in [1.54, 1.807) is 0 Å². The first-order valence-electron chi connectivity index (χ1n) is 8.41. The fraction of sp³-hybridized carbons (Fsp3) is 1.00. The molecule has 8 heteroatoms. The van der Waals surface area contributed by atoms with Crippen LogP contribution in [0.1, 0.15) is 48.0 Å². The predicted octanol–water partition coefficient (Wildman–Crippen LogP) is 0.0816. The first-order valence-corrected chi connectivity index (χ1v) is 8.41. The number of nitrogens with two attached hydrogens (primary N) is 1. The van der Waals surface area contributed by atoms with Gasteiger partial charge < -0.3 is 30.2 Å². The van der Waals surface area contributed by atoms with Crippen LogP contribution in [0, 0.1) is 0 Å². The van der Waals surface area contributed by atoms with Crippen LogP contribution in [0.15, 0.2) is 0 Å². The van der Waals surface area contributed by atoms with Gasteiger partial charge in [0.2, 0.25) is 12.8 Å². The first-order chi connectivity index (χ1) is 10.9. The van der Waals surface area contributed by atoms with E-state index in [0.717, 1.165) is 6.42 Å². The third kappa shape index (κ3) is 16.5. The molecule has 0 spiro atoms. The van der Waals surface area contributed by atoms with Crippen LogP contribution in [0.2, 0.25) is 0 Å². The molecule has 0 rings (SSSR count). The SMILES string of the molecule is CC(C)(C)OC(O)NCCCOCC(N)CNC(O)OC(C)(C)C. The molecular formula is C16H37N3O5. The van der Waals surface area contributed by atoms with Crippen LogP contribution in [-0.2, 0) is 14.2 Å². The van der Waals surface area contributed by atoms with Crippen LogP contribution < -0.4 is 16.4 Å². The summed E-state index contributed by atoms with van der Waals surface area (Å²) in [5, 5.41) is 24.9. The Kier molecular flexibility index (Phi) is 11.2. The molecule has 0 aliphatic rings. The summed E-state index contributed by atoms with van der Waals surface area (Å²) in [7, 11) is 0. The molecule has 0 heterocycles. The number of nitrogens with one attached hydrogen (secondary N) is 2. The molecule has 0 saturated heterocycles. The van der Waals surface area contributed by atoms with Crippen molar-refractivity contribution in [1.29, 1.82) is 0 Å². The van der Waals surface area contributed by atoms with Crippen molar-refractivity contribution in [2.75, 3.05) is 26.3 Å². The average Bonchev–Trinajstić information content (AvgIpc) is 2.36. The van der Waals surface area contributed by atoms with E-state index >= 15 is 0 Å². The highest BCUT2D eigenvalue weighted by atomic mass is 16.6. The highest BCUT2D eigenvalue weighted by Gasteiger charge is 2.17. The molecule has 8 nitrogen and oxygen atoms in total. The van der Waals surface area contributed by atoms with Crippen LogP contribution in [0.5, 0.6) is 0 Å². The third-order valence-corrected chi connectivity index (χ3v) is 2.60. The van der Waals surface area contributed by atoms with Crippen LogP contribution >= 0.6 is 0 Å². The topological polar surface area (TPSA) is 118 Å². The maximum absolute atomic E-state index is 9.63. The zero-order chi connectivity index (χ0) is 18.8. The normalized spacial score (nSPS) is 16.9. The number of ether oxygens (including phenoxy) is 3. The molecular weight excluding hydrogens is 314 g/mol. The summed E-state index contributed by atoms with van der Waals surface area (Å²) in [5.41, 5.74) is 5.06. The van der Waals surface area contributed by atoms with Gasteiger partial charge in [-0.3, -0.25) is 10.6 Å². The largest absolute Gasteiger partial charge is 0.380 e. The number of hydrogen-bond acceptors (Lipinski definition) is 8. The summed E-state index contributed by atoms with van der Waals surface area (Å²) in [6.45, 7) is 13.0. The van der Waals surface area contributed by atoms with Gasteiger partial charge in [-0.1, -0.05) is 0 Å². The monoisotopic (exact) mass is 351 g/mol. The van der Waals surface area contributed by atoms with Crippen LogP contribution in [0.3, 0.4) is 0 Å². The second kappa shape index (κ2) is 11.3. The molecule has 0 aromatic carbocycles. The molecule has 0 aliphatic carbocycles. The maximum atomic E-state index is 9.63. The lowest BCUT2D eigenvalue weighted by atomic mass is 10.2. The fourth-order valence-corrected chi connectivity index (χ4v) is 1.70. The molecule has 0 aliphatic heterocycles. The highest BCUT2D eigenvalue weighted by molar-refractivity contribution is 4.65. The van der Waals surface area contributed by atoms with Crippen molar-refractivity contribution in [3.63, 3.8) is 0 Å². The van der Waals surface area contributed by atoms with Gasteiger partial charge in [-0.15, -0.1) is 0 Å². The van der Waals surface area contributed by atoms with Gasteiger partial charge >= 0.3 is 0 Å². The third-order valence-electron chi connectivity index (χ3n) is 2.60. The summed E-state index contributed by atoms with van der Waals surface area (Å²) in [5.74, 6) is 0. The second-order valence-electron chi connectivity index (χ2n) is 7.72. The zero-order valence-corrected chi connectivity index (χ0v) is 16.0. The molecule has 0 aromatic heterocycles. The molecule has 0 aromatic rings. The van der Waals surface area contributed by atoms with Gasteiger partial charge in [0.25, 0.3) is 0 Å². The summed E-state index contributed by atoms with van der Waals surface area (Å²) in [4.78, 5) is 0. The van der Waals surface area contributed by atoms with Crippen molar-refractivity contribution >= 4 is 0 Å². The van der Waals surface area contributed by atoms with Crippen molar-refractivity contribution in [3.8, 4) is 0 Å². The van der Waals surface area contributed by atoms with E-state index in [4.69, 9.17) is 19.9 Å². The smallest absolute Gasteiger partial charge is 0.214 e. The van der Waals surface area contributed by atoms with E-state index in [1.165, 1.54) is 0 Å². The van der Waals surface area contributed by atoms with Gasteiger partial charge in [-0.05, 0) is 48.0 Å². The average molecular weight is 351 g/mol. The van der Waals surface area contributed by atoms with Crippen LogP contribution in [0.25, 0.3) is 0 Å². The second-order valence-corrected chi connectivity index (χ2v) is 7.72. The zero-order valence-electron chi connectivity index (χ0n) is 16.0. The lowest BCUT2D eigenvalue weighted by Gasteiger charge is -2.25. The number of rotatable bonds is 12. The molecule has 6 N–H and O–H groups in total. The van der Waals surface area contributed by atoms with Crippen LogP contribution in [0.4, 0.5) is 0 Å². The van der Waals surface area contributed by atoms with E-state index in [9.17, 15) is 10.2 Å². The number of aliphatic hydroxyl groups excluding tert-OH is 2. The molecule has 0 fully saturated rings. The quantitative estimate of drug-likeness (QED) is 0.248. The minimum absolute atomic E-state index is 0.244. The van der Waals surface area contributed by atoms with Crippen molar-refractivity contribution in [1.82, 2.24) is 10.6 Å². The van der Waals surface area contributed by atoms with Crippen molar-refractivity contribution in [2.24, 2.45) is 5.73 Å². The van der Waals surface area contributed by atoms with E-state index < -0.39 is 24.0 Å². The van der Waals surface area contributed by atoms with Gasteiger partial charge in [0, 0.05) is 25.7 Å². The molecule has 146 valence electrons. The Hall–Kier alpha value is -0.320. The summed E-state index contributed by atoms with van der Waals surface area (Å²) in [6.07, 6.45) is -1.31. The fourth-order valence-electron chi connectivity index (χ4n) is 1.70. The Morgan fingerprint density at radius 3 is 1.92 bits per heavy atom. The van der Waals surface area contributed by atoms with Gasteiger partial charge in [-0.25, -0.2) is 0 Å². The molecule has 3 unspecified atom stereocenters. The number of hydrogen-bond donors (Lipinski definition) is 5. The van der Waals surface area contributed by atoms with Crippen LogP contribution in [-0.4, -0.2) is 66.6 Å². The van der Waals surface area contributed by atoms with Crippen molar-refractivity contribution in [2.45, 2.75) is 78.0 Å². The van der Waals surface area contributed by atoms with Gasteiger partial charge in [-0.2, -0.15) is 0 Å². The lowest BCUT2D eigenvalue weighted by Crippen LogP contribution is -2.45. The molecule has 0 bridgehead atoms. The Labute approximate surface area is 146 Å². The summed E-state index contributed by atoms with van der Waals surface area (Å²) >= 11 is 0. The summed E-state index contributed by atoms with van der Waals surface area (Å²) in [6, 6.07) is -0.244. The Bertz CT molecular complexity index is 318. The van der Waals surface area contributed by atoms with Gasteiger partial charge in [0.15, 0.2) is 0 Å². The maximum Gasteiger partial charge on any atom is 0.214 e. The van der Waals surface area contributed by atoms with Crippen molar-refractivity contribution < 1.29 is 24.4 Å². The van der Waals surface area contributed by atoms with E-state index in [2.05, 4.69) is 10.6 Å². The predicted molar refractivity (Wildman–Crippen MR) is 93.1 cm³/mol. The molecule has 0 radical (unpaired) electrons. The molecule has 0 saturated carbocycles. The Morgan fingerprint density at radius 2 is 1.42 bits per heavy atom. The molecule has 3 atom stereocenters.